The van der Waals surface area contributed by atoms with Crippen LogP contribution in [-0.4, -0.2) is 63.1 Å². The summed E-state index contributed by atoms with van der Waals surface area (Å²) in [6, 6.07) is 0. The van der Waals surface area contributed by atoms with E-state index in [1.165, 1.54) is 0 Å². The van der Waals surface area contributed by atoms with E-state index < -0.39 is 0 Å². The van der Waals surface area contributed by atoms with Gasteiger partial charge in [0.15, 0.2) is 0 Å². The van der Waals surface area contributed by atoms with E-state index in [9.17, 15) is 9.59 Å². The minimum atomic E-state index is -0.158. The standard InChI is InChI=1S/C14H28N2O3.2C2H6S2/c1-3-5-7-9-15-13(17)11-19-12-14(18)16-10-8-6-4-2;2*1-3-4-2/h3-12H2,1-2H3,(H,15,17)(H,16,18);2*1-2H3. The third kappa shape index (κ3) is 37.7. The van der Waals surface area contributed by atoms with E-state index >= 15 is 0 Å². The van der Waals surface area contributed by atoms with Gasteiger partial charge in [-0.1, -0.05) is 82.7 Å². The fourth-order valence-electron chi connectivity index (χ4n) is 1.54. The van der Waals surface area contributed by atoms with Gasteiger partial charge in [0, 0.05) is 13.1 Å². The van der Waals surface area contributed by atoms with E-state index in [1.54, 1.807) is 43.2 Å². The van der Waals surface area contributed by atoms with Gasteiger partial charge in [0.05, 0.1) is 0 Å². The molecule has 0 rings (SSSR count). The van der Waals surface area contributed by atoms with Crippen LogP contribution in [0.4, 0.5) is 0 Å². The molecule has 0 aliphatic carbocycles. The van der Waals surface area contributed by atoms with Gasteiger partial charge < -0.3 is 15.4 Å². The Hall–Kier alpha value is 0.300. The second-order valence-electron chi connectivity index (χ2n) is 5.27. The summed E-state index contributed by atoms with van der Waals surface area (Å²) in [6.45, 7) is 5.50. The zero-order chi connectivity index (χ0) is 21.2. The van der Waals surface area contributed by atoms with Gasteiger partial charge in [-0.3, -0.25) is 9.59 Å². The third-order valence-electron chi connectivity index (χ3n) is 3.00. The fourth-order valence-corrected chi connectivity index (χ4v) is 1.54. The van der Waals surface area contributed by atoms with Crippen LogP contribution >= 0.6 is 43.2 Å². The van der Waals surface area contributed by atoms with Gasteiger partial charge in [0.1, 0.15) is 13.2 Å². The van der Waals surface area contributed by atoms with Crippen LogP contribution < -0.4 is 10.6 Å². The van der Waals surface area contributed by atoms with E-state index in [4.69, 9.17) is 4.74 Å². The van der Waals surface area contributed by atoms with Crippen LogP contribution in [-0.2, 0) is 14.3 Å². The molecule has 0 fully saturated rings. The molecule has 0 aromatic rings. The number of ether oxygens (including phenoxy) is 1. The molecule has 0 aliphatic rings. The highest BCUT2D eigenvalue weighted by atomic mass is 33.1. The molecule has 0 heterocycles. The summed E-state index contributed by atoms with van der Waals surface area (Å²) in [6.07, 6.45) is 14.7. The Labute approximate surface area is 183 Å². The van der Waals surface area contributed by atoms with Crippen LogP contribution in [0, 0.1) is 0 Å². The molecule has 0 saturated heterocycles. The summed E-state index contributed by atoms with van der Waals surface area (Å²) in [4.78, 5) is 22.6. The molecule has 0 radical (unpaired) electrons. The first kappa shape index (κ1) is 32.0. The maximum Gasteiger partial charge on any atom is 0.246 e. The van der Waals surface area contributed by atoms with Crippen LogP contribution in [0.25, 0.3) is 0 Å². The lowest BCUT2D eigenvalue weighted by Gasteiger charge is -2.07. The summed E-state index contributed by atoms with van der Waals surface area (Å²) >= 11 is 0. The average molecular weight is 461 g/mol. The van der Waals surface area contributed by atoms with Crippen molar-refractivity contribution in [1.82, 2.24) is 10.6 Å². The van der Waals surface area contributed by atoms with Crippen LogP contribution in [0.15, 0.2) is 0 Å². The van der Waals surface area contributed by atoms with Gasteiger partial charge in [0.25, 0.3) is 0 Å². The summed E-state index contributed by atoms with van der Waals surface area (Å²) in [5.74, 6) is -0.315. The van der Waals surface area contributed by atoms with Gasteiger partial charge in [-0.05, 0) is 37.9 Å². The van der Waals surface area contributed by atoms with Gasteiger partial charge in [0.2, 0.25) is 11.8 Å². The predicted octanol–water partition coefficient (Wildman–Crippen LogP) is 4.87. The number of hydrogen-bond donors (Lipinski definition) is 2. The molecule has 5 nitrogen and oxygen atoms in total. The molecule has 0 aliphatic heterocycles. The molecule has 0 unspecified atom stereocenters. The van der Waals surface area contributed by atoms with Crippen molar-refractivity contribution >= 4 is 55.0 Å². The van der Waals surface area contributed by atoms with Gasteiger partial charge in [-0.15, -0.1) is 0 Å². The molecular weight excluding hydrogens is 420 g/mol. The Morgan fingerprint density at radius 2 is 1.00 bits per heavy atom. The molecule has 0 saturated carbocycles. The van der Waals surface area contributed by atoms with E-state index in [-0.39, 0.29) is 25.0 Å². The van der Waals surface area contributed by atoms with Crippen LogP contribution in [0.3, 0.4) is 0 Å². The Kier molecular flexibility index (Phi) is 36.7. The molecule has 0 bridgehead atoms. The van der Waals surface area contributed by atoms with E-state index in [1.807, 2.05) is 0 Å². The Morgan fingerprint density at radius 1 is 0.667 bits per heavy atom. The highest BCUT2D eigenvalue weighted by molar-refractivity contribution is 8.76. The van der Waals surface area contributed by atoms with Crippen molar-refractivity contribution in [2.45, 2.75) is 52.4 Å². The summed E-state index contributed by atoms with van der Waals surface area (Å²) in [7, 11) is 7.09. The monoisotopic (exact) mass is 460 g/mol. The van der Waals surface area contributed by atoms with E-state index in [0.717, 1.165) is 38.5 Å². The molecule has 9 heteroatoms. The lowest BCUT2D eigenvalue weighted by Crippen LogP contribution is -2.32. The minimum Gasteiger partial charge on any atom is -0.362 e. The number of hydrogen-bond acceptors (Lipinski definition) is 7. The van der Waals surface area contributed by atoms with Crippen LogP contribution in [0.2, 0.25) is 0 Å². The quantitative estimate of drug-likeness (QED) is 0.283. The second kappa shape index (κ2) is 31.0. The number of carbonyl (C=O) groups is 2. The van der Waals surface area contributed by atoms with Crippen LogP contribution in [0.1, 0.15) is 52.4 Å². The second-order valence-corrected chi connectivity index (χ2v) is 10.6. The van der Waals surface area contributed by atoms with Gasteiger partial charge in [-0.2, -0.15) is 0 Å². The van der Waals surface area contributed by atoms with E-state index in [0.29, 0.717) is 13.1 Å². The smallest absolute Gasteiger partial charge is 0.246 e. The van der Waals surface area contributed by atoms with Crippen molar-refractivity contribution in [1.29, 1.82) is 0 Å². The maximum absolute atomic E-state index is 11.3. The third-order valence-corrected chi connectivity index (χ3v) is 5.67. The normalized spacial score (nSPS) is 9.41. The first-order valence-electron chi connectivity index (χ1n) is 9.28. The Bertz CT molecular complexity index is 280. The van der Waals surface area contributed by atoms with Crippen molar-refractivity contribution in [3.8, 4) is 0 Å². The number of unbranched alkanes of at least 4 members (excludes halogenated alkanes) is 4. The summed E-state index contributed by atoms with van der Waals surface area (Å²) in [5, 5.41) is 5.51. The van der Waals surface area contributed by atoms with Crippen molar-refractivity contribution in [3.63, 3.8) is 0 Å². The number of nitrogens with one attached hydrogen (secondary N) is 2. The molecule has 2 N–H and O–H groups in total. The van der Waals surface area contributed by atoms with Crippen molar-refractivity contribution in [3.05, 3.63) is 0 Å². The zero-order valence-electron chi connectivity index (χ0n) is 17.9. The zero-order valence-corrected chi connectivity index (χ0v) is 21.2. The molecular formula is C18H40N2O3S4. The first-order valence-corrected chi connectivity index (χ1v) is 15.2. The highest BCUT2D eigenvalue weighted by Crippen LogP contribution is 2.09. The molecule has 27 heavy (non-hydrogen) atoms. The molecule has 0 aromatic carbocycles. The van der Waals surface area contributed by atoms with E-state index in [2.05, 4.69) is 49.5 Å². The molecule has 0 spiro atoms. The Morgan fingerprint density at radius 3 is 1.26 bits per heavy atom. The topological polar surface area (TPSA) is 67.4 Å². The van der Waals surface area contributed by atoms with Crippen LogP contribution in [0.5, 0.6) is 0 Å². The summed E-state index contributed by atoms with van der Waals surface area (Å²) in [5.41, 5.74) is 0. The van der Waals surface area contributed by atoms with Gasteiger partial charge in [-0.25, -0.2) is 0 Å². The van der Waals surface area contributed by atoms with Crippen molar-refractivity contribution in [2.75, 3.05) is 51.3 Å². The number of amides is 2. The molecule has 2 amide bonds. The van der Waals surface area contributed by atoms with Crippen molar-refractivity contribution < 1.29 is 14.3 Å². The molecule has 164 valence electrons. The molecule has 0 atom stereocenters. The predicted molar refractivity (Wildman–Crippen MR) is 130 cm³/mol. The number of rotatable bonds is 14. The average Bonchev–Trinajstić information content (AvgIpc) is 2.69. The Balaban J connectivity index is -0.000000603. The van der Waals surface area contributed by atoms with Gasteiger partial charge >= 0.3 is 0 Å². The highest BCUT2D eigenvalue weighted by Gasteiger charge is 2.04. The lowest BCUT2D eigenvalue weighted by atomic mass is 10.2. The largest absolute Gasteiger partial charge is 0.362 e. The minimum absolute atomic E-state index is 0.0471. The lowest BCUT2D eigenvalue weighted by molar-refractivity contribution is -0.130. The number of carbonyl (C=O) groups excluding carboxylic acids is 2. The SMILES string of the molecule is CCCCCNC(=O)COCC(=O)NCCCCC.CSSC.CSSC. The summed E-state index contributed by atoms with van der Waals surface area (Å²) < 4.78 is 5.05. The maximum atomic E-state index is 11.3. The fraction of sp³-hybridized carbons (Fsp3) is 0.889. The molecule has 0 aromatic heterocycles. The first-order chi connectivity index (χ1) is 13.0. The van der Waals surface area contributed by atoms with Crippen molar-refractivity contribution in [2.24, 2.45) is 0 Å².